The third-order valence-corrected chi connectivity index (χ3v) is 3.90. The summed E-state index contributed by atoms with van der Waals surface area (Å²) >= 11 is 11.5. The van der Waals surface area contributed by atoms with Crippen molar-refractivity contribution in [2.45, 2.75) is 84.8 Å². The molecule has 2 atom stereocenters. The molecular weight excluding hydrogens is 337 g/mol. The van der Waals surface area contributed by atoms with Gasteiger partial charge < -0.3 is 9.47 Å². The van der Waals surface area contributed by atoms with Crippen LogP contribution < -0.4 is 0 Å². The molecule has 0 bridgehead atoms. The minimum Gasteiger partial charge on any atom is -0.444 e. The molecule has 0 saturated carbocycles. The van der Waals surface area contributed by atoms with Crippen LogP contribution in [0.15, 0.2) is 10.6 Å². The molecule has 4 nitrogen and oxygen atoms in total. The first kappa shape index (κ1) is 20.6. The van der Waals surface area contributed by atoms with Gasteiger partial charge in [0.2, 0.25) is 0 Å². The average molecular weight is 366 g/mol. The molecule has 0 aromatic rings. The van der Waals surface area contributed by atoms with E-state index in [1.165, 1.54) is 0 Å². The zero-order chi connectivity index (χ0) is 18.0. The smallest absolute Gasteiger partial charge is 0.412 e. The number of ether oxygens (including phenoxy) is 2. The molecule has 0 aromatic carbocycles. The van der Waals surface area contributed by atoms with Crippen molar-refractivity contribution in [3.05, 3.63) is 10.6 Å². The molecule has 0 radical (unpaired) electrons. The van der Waals surface area contributed by atoms with Gasteiger partial charge in [0.1, 0.15) is 15.8 Å². The second-order valence-electron chi connectivity index (χ2n) is 7.88. The summed E-state index contributed by atoms with van der Waals surface area (Å²) in [5, 5.41) is 0. The lowest BCUT2D eigenvalue weighted by Crippen LogP contribution is -2.50. The minimum absolute atomic E-state index is 0.0798. The Morgan fingerprint density at radius 3 is 2.35 bits per heavy atom. The van der Waals surface area contributed by atoms with Crippen molar-refractivity contribution < 1.29 is 14.3 Å². The number of carbonyl (C=O) groups excluding carboxylic acids is 1. The van der Waals surface area contributed by atoms with E-state index in [1.807, 2.05) is 34.6 Å². The summed E-state index contributed by atoms with van der Waals surface area (Å²) in [6.07, 6.45) is 2.59. The van der Waals surface area contributed by atoms with Crippen LogP contribution in [0.3, 0.4) is 0 Å². The minimum atomic E-state index is -0.737. The molecule has 1 fully saturated rings. The van der Waals surface area contributed by atoms with E-state index in [2.05, 4.69) is 13.8 Å². The molecule has 0 spiro atoms. The molecule has 0 N–H and O–H groups in total. The number of carbonyl (C=O) groups is 1. The molecule has 1 aliphatic heterocycles. The highest BCUT2D eigenvalue weighted by atomic mass is 35.5. The van der Waals surface area contributed by atoms with E-state index in [9.17, 15) is 4.79 Å². The maximum absolute atomic E-state index is 12.7. The molecule has 23 heavy (non-hydrogen) atoms. The highest BCUT2D eigenvalue weighted by molar-refractivity contribution is 6.55. The molecule has 0 aromatic heterocycles. The SMILES string of the molecule is CC(C)C[C@H]1[C@H](CC=C(Cl)Cl)OC(C)(C)N1C(=O)OC(C)(C)C. The van der Waals surface area contributed by atoms with Gasteiger partial charge in [0, 0.05) is 0 Å². The molecule has 1 heterocycles. The van der Waals surface area contributed by atoms with Crippen molar-refractivity contribution in [3.8, 4) is 0 Å². The van der Waals surface area contributed by atoms with E-state index in [4.69, 9.17) is 32.7 Å². The van der Waals surface area contributed by atoms with Crippen molar-refractivity contribution in [3.63, 3.8) is 0 Å². The summed E-state index contributed by atoms with van der Waals surface area (Å²) < 4.78 is 11.9. The van der Waals surface area contributed by atoms with E-state index in [0.29, 0.717) is 12.3 Å². The molecule has 134 valence electrons. The van der Waals surface area contributed by atoms with Crippen LogP contribution in [-0.2, 0) is 9.47 Å². The molecule has 6 heteroatoms. The molecule has 1 aliphatic rings. The second kappa shape index (κ2) is 7.62. The normalized spacial score (nSPS) is 24.0. The molecule has 1 rings (SSSR count). The third-order valence-electron chi connectivity index (χ3n) is 3.59. The van der Waals surface area contributed by atoms with Crippen LogP contribution in [0.2, 0.25) is 0 Å². The van der Waals surface area contributed by atoms with Crippen molar-refractivity contribution in [1.82, 2.24) is 4.90 Å². The summed E-state index contributed by atoms with van der Waals surface area (Å²) in [5.74, 6) is 0.417. The van der Waals surface area contributed by atoms with E-state index >= 15 is 0 Å². The van der Waals surface area contributed by atoms with Gasteiger partial charge in [-0.15, -0.1) is 0 Å². The van der Waals surface area contributed by atoms with Gasteiger partial charge in [-0.1, -0.05) is 43.1 Å². The lowest BCUT2D eigenvalue weighted by Gasteiger charge is -2.35. The van der Waals surface area contributed by atoms with Crippen LogP contribution in [0.25, 0.3) is 0 Å². The average Bonchev–Trinajstić information content (AvgIpc) is 2.54. The van der Waals surface area contributed by atoms with Crippen LogP contribution in [0.4, 0.5) is 4.79 Å². The Morgan fingerprint density at radius 1 is 1.35 bits per heavy atom. The predicted molar refractivity (Wildman–Crippen MR) is 94.7 cm³/mol. The maximum Gasteiger partial charge on any atom is 0.412 e. The summed E-state index contributed by atoms with van der Waals surface area (Å²) in [5.41, 5.74) is -1.29. The number of rotatable bonds is 4. The summed E-state index contributed by atoms with van der Waals surface area (Å²) in [7, 11) is 0. The van der Waals surface area contributed by atoms with Gasteiger partial charge in [0.05, 0.1) is 12.1 Å². The van der Waals surface area contributed by atoms with Crippen LogP contribution in [-0.4, -0.2) is 34.5 Å². The van der Waals surface area contributed by atoms with E-state index < -0.39 is 11.3 Å². The standard InChI is InChI=1S/C17H29Cl2NO3/c1-11(2)10-12-13(8-9-14(18)19)22-17(6,7)20(12)15(21)23-16(3,4)5/h9,11-13H,8,10H2,1-7H3/t12-,13-/m0/s1. The van der Waals surface area contributed by atoms with Gasteiger partial charge in [-0.05, 0) is 53.4 Å². The van der Waals surface area contributed by atoms with Gasteiger partial charge in [-0.2, -0.15) is 0 Å². The Hall–Kier alpha value is -0.450. The number of hydrogen-bond donors (Lipinski definition) is 0. The van der Waals surface area contributed by atoms with Crippen molar-refractivity contribution in [2.24, 2.45) is 5.92 Å². The van der Waals surface area contributed by atoms with Crippen molar-refractivity contribution in [1.29, 1.82) is 0 Å². The van der Waals surface area contributed by atoms with Crippen LogP contribution >= 0.6 is 23.2 Å². The Kier molecular flexibility index (Phi) is 6.83. The monoisotopic (exact) mass is 365 g/mol. The number of hydrogen-bond acceptors (Lipinski definition) is 3. The predicted octanol–water partition coefficient (Wildman–Crippen LogP) is 5.48. The molecule has 1 amide bonds. The number of nitrogens with zero attached hydrogens (tertiary/aromatic N) is 1. The molecular formula is C17H29Cl2NO3. The van der Waals surface area contributed by atoms with Crippen LogP contribution in [0.1, 0.15) is 61.3 Å². The Labute approximate surface area is 150 Å². The summed E-state index contributed by atoms with van der Waals surface area (Å²) in [4.78, 5) is 14.4. The summed E-state index contributed by atoms with van der Waals surface area (Å²) in [6, 6.07) is -0.0798. The number of halogens is 2. The zero-order valence-electron chi connectivity index (χ0n) is 15.2. The second-order valence-corrected chi connectivity index (χ2v) is 8.89. The highest BCUT2D eigenvalue weighted by Crippen LogP contribution is 2.38. The van der Waals surface area contributed by atoms with Crippen molar-refractivity contribution in [2.75, 3.05) is 0 Å². The van der Waals surface area contributed by atoms with Gasteiger partial charge in [0.25, 0.3) is 0 Å². The van der Waals surface area contributed by atoms with Gasteiger partial charge in [0.15, 0.2) is 0 Å². The van der Waals surface area contributed by atoms with E-state index in [0.717, 1.165) is 6.42 Å². The zero-order valence-corrected chi connectivity index (χ0v) is 16.7. The maximum atomic E-state index is 12.7. The fourth-order valence-corrected chi connectivity index (χ4v) is 3.07. The van der Waals surface area contributed by atoms with Gasteiger partial charge in [-0.25, -0.2) is 4.79 Å². The van der Waals surface area contributed by atoms with Crippen molar-refractivity contribution >= 4 is 29.3 Å². The van der Waals surface area contributed by atoms with Crippen LogP contribution in [0.5, 0.6) is 0 Å². The fraction of sp³-hybridized carbons (Fsp3) is 0.824. The summed E-state index contributed by atoms with van der Waals surface area (Å²) in [6.45, 7) is 13.6. The Balaban J connectivity index is 3.06. The van der Waals surface area contributed by atoms with E-state index in [1.54, 1.807) is 11.0 Å². The van der Waals surface area contributed by atoms with Gasteiger partial charge >= 0.3 is 6.09 Å². The quantitative estimate of drug-likeness (QED) is 0.661. The topological polar surface area (TPSA) is 38.8 Å². The first-order valence-electron chi connectivity index (χ1n) is 8.05. The highest BCUT2D eigenvalue weighted by Gasteiger charge is 2.50. The largest absolute Gasteiger partial charge is 0.444 e. The van der Waals surface area contributed by atoms with E-state index in [-0.39, 0.29) is 22.7 Å². The lowest BCUT2D eigenvalue weighted by atomic mass is 9.96. The molecule has 0 aliphatic carbocycles. The molecule has 0 unspecified atom stereocenters. The fourth-order valence-electron chi connectivity index (χ4n) is 2.89. The van der Waals surface area contributed by atoms with Gasteiger partial charge in [-0.3, -0.25) is 4.90 Å². The first-order valence-corrected chi connectivity index (χ1v) is 8.80. The third kappa shape index (κ3) is 6.17. The lowest BCUT2D eigenvalue weighted by molar-refractivity contribution is -0.0782. The van der Waals surface area contributed by atoms with Crippen LogP contribution in [0, 0.1) is 5.92 Å². The number of amides is 1. The Morgan fingerprint density at radius 2 is 1.91 bits per heavy atom. The Bertz CT molecular complexity index is 451. The first-order chi connectivity index (χ1) is 10.3. The molecule has 1 saturated heterocycles.